The van der Waals surface area contributed by atoms with Gasteiger partial charge in [-0.1, -0.05) is 35.5 Å². The molecule has 0 spiro atoms. The molecule has 0 unspecified atom stereocenters. The Morgan fingerprint density at radius 3 is 2.27 bits per heavy atom. The number of thiocarbonyl (C=S) groups is 1. The molecular formula is C25H32FN5OS. The molecule has 3 aromatic rings. The summed E-state index contributed by atoms with van der Waals surface area (Å²) in [5, 5.41) is 8.26. The van der Waals surface area contributed by atoms with Gasteiger partial charge in [0, 0.05) is 37.4 Å². The van der Waals surface area contributed by atoms with Crippen molar-refractivity contribution in [3.63, 3.8) is 0 Å². The topological polar surface area (TPSA) is 47.8 Å². The molecule has 0 aliphatic heterocycles. The molecule has 2 aromatic carbocycles. The first-order valence-electron chi connectivity index (χ1n) is 11.2. The molecule has 0 aliphatic rings. The van der Waals surface area contributed by atoms with E-state index in [1.807, 2.05) is 44.4 Å². The summed E-state index contributed by atoms with van der Waals surface area (Å²) in [5.74, 6) is 0.482. The maximum atomic E-state index is 13.3. The molecule has 1 heterocycles. The molecule has 0 saturated carbocycles. The molecule has 3 rings (SSSR count). The van der Waals surface area contributed by atoms with E-state index in [4.69, 9.17) is 16.7 Å². The standard InChI is InChI=1S/C25H32FN5OS/c1-5-30(6-2)24-22(23(28-32-24)19-10-8-7-9-11-19)18-31(17-16-29(3)4)25(33)27-21-14-12-20(26)13-15-21/h7-15H,5-6,16-18H2,1-4H3,(H,27,33). The number of benzene rings is 2. The summed E-state index contributed by atoms with van der Waals surface area (Å²) in [7, 11) is 4.07. The van der Waals surface area contributed by atoms with Crippen molar-refractivity contribution in [3.05, 3.63) is 66.0 Å². The molecule has 176 valence electrons. The first-order valence-corrected chi connectivity index (χ1v) is 11.6. The molecular weight excluding hydrogens is 437 g/mol. The van der Waals surface area contributed by atoms with E-state index < -0.39 is 0 Å². The molecule has 0 amide bonds. The average molecular weight is 470 g/mol. The van der Waals surface area contributed by atoms with Gasteiger partial charge in [-0.05, 0) is 64.4 Å². The van der Waals surface area contributed by atoms with E-state index in [2.05, 4.69) is 39.0 Å². The summed E-state index contributed by atoms with van der Waals surface area (Å²) < 4.78 is 19.2. The summed E-state index contributed by atoms with van der Waals surface area (Å²) in [6, 6.07) is 16.2. The quantitative estimate of drug-likeness (QED) is 0.415. The highest BCUT2D eigenvalue weighted by molar-refractivity contribution is 7.80. The summed E-state index contributed by atoms with van der Waals surface area (Å²) in [6.45, 7) is 7.87. The van der Waals surface area contributed by atoms with Crippen LogP contribution in [0.1, 0.15) is 19.4 Å². The molecule has 8 heteroatoms. The van der Waals surface area contributed by atoms with Crippen LogP contribution in [-0.4, -0.2) is 60.3 Å². The van der Waals surface area contributed by atoms with Gasteiger partial charge < -0.3 is 24.5 Å². The first kappa shape index (κ1) is 24.7. The van der Waals surface area contributed by atoms with Crippen LogP contribution in [0, 0.1) is 5.82 Å². The van der Waals surface area contributed by atoms with E-state index in [-0.39, 0.29) is 5.82 Å². The van der Waals surface area contributed by atoms with Crippen LogP contribution in [0.15, 0.2) is 59.1 Å². The molecule has 0 saturated heterocycles. The van der Waals surface area contributed by atoms with Crippen molar-refractivity contribution in [3.8, 4) is 11.3 Å². The number of nitrogens with zero attached hydrogens (tertiary/aromatic N) is 4. The summed E-state index contributed by atoms with van der Waals surface area (Å²) in [5.41, 5.74) is 3.55. The average Bonchev–Trinajstić information content (AvgIpc) is 3.22. The molecule has 0 bridgehead atoms. The number of aromatic nitrogens is 1. The number of hydrogen-bond acceptors (Lipinski definition) is 5. The highest BCUT2D eigenvalue weighted by atomic mass is 32.1. The van der Waals surface area contributed by atoms with Crippen molar-refractivity contribution in [2.45, 2.75) is 20.4 Å². The number of rotatable bonds is 10. The minimum absolute atomic E-state index is 0.281. The van der Waals surface area contributed by atoms with Crippen LogP contribution in [0.4, 0.5) is 16.0 Å². The van der Waals surface area contributed by atoms with Crippen LogP contribution >= 0.6 is 12.2 Å². The smallest absolute Gasteiger partial charge is 0.232 e. The van der Waals surface area contributed by atoms with Gasteiger partial charge in [0.1, 0.15) is 11.5 Å². The van der Waals surface area contributed by atoms with Gasteiger partial charge in [0.05, 0.1) is 12.1 Å². The fraction of sp³-hybridized carbons (Fsp3) is 0.360. The lowest BCUT2D eigenvalue weighted by Gasteiger charge is -2.28. The van der Waals surface area contributed by atoms with Gasteiger partial charge in [-0.15, -0.1) is 0 Å². The number of nitrogens with one attached hydrogen (secondary N) is 1. The fourth-order valence-corrected chi connectivity index (χ4v) is 3.80. The summed E-state index contributed by atoms with van der Waals surface area (Å²) >= 11 is 5.78. The monoisotopic (exact) mass is 469 g/mol. The Hall–Kier alpha value is -2.97. The van der Waals surface area contributed by atoms with E-state index in [0.29, 0.717) is 18.2 Å². The molecule has 0 atom stereocenters. The third-order valence-corrected chi connectivity index (χ3v) is 5.77. The molecule has 0 radical (unpaired) electrons. The molecule has 0 aliphatic carbocycles. The summed E-state index contributed by atoms with van der Waals surface area (Å²) in [4.78, 5) is 6.38. The van der Waals surface area contributed by atoms with Crippen molar-refractivity contribution in [2.75, 3.05) is 50.5 Å². The SMILES string of the molecule is CCN(CC)c1onc(-c2ccccc2)c1CN(CCN(C)C)C(=S)Nc1ccc(F)cc1. The highest BCUT2D eigenvalue weighted by Crippen LogP contribution is 2.32. The van der Waals surface area contributed by atoms with Crippen molar-refractivity contribution >= 4 is 28.9 Å². The third kappa shape index (κ3) is 6.52. The van der Waals surface area contributed by atoms with Crippen LogP contribution in [0.25, 0.3) is 11.3 Å². The van der Waals surface area contributed by atoms with Gasteiger partial charge in [-0.3, -0.25) is 0 Å². The van der Waals surface area contributed by atoms with Gasteiger partial charge in [0.15, 0.2) is 5.11 Å². The van der Waals surface area contributed by atoms with Crippen LogP contribution in [0.5, 0.6) is 0 Å². The molecule has 0 fully saturated rings. The highest BCUT2D eigenvalue weighted by Gasteiger charge is 2.24. The largest absolute Gasteiger partial charge is 0.343 e. The van der Waals surface area contributed by atoms with Crippen molar-refractivity contribution in [1.29, 1.82) is 0 Å². The normalized spacial score (nSPS) is 11.0. The van der Waals surface area contributed by atoms with E-state index >= 15 is 0 Å². The Balaban J connectivity index is 1.95. The second-order valence-electron chi connectivity index (χ2n) is 8.02. The zero-order chi connectivity index (χ0) is 23.8. The minimum atomic E-state index is -0.281. The van der Waals surface area contributed by atoms with Gasteiger partial charge in [-0.25, -0.2) is 4.39 Å². The second-order valence-corrected chi connectivity index (χ2v) is 8.40. The van der Waals surface area contributed by atoms with Gasteiger partial charge in [0.25, 0.3) is 0 Å². The number of hydrogen-bond donors (Lipinski definition) is 1. The van der Waals surface area contributed by atoms with Gasteiger partial charge in [0.2, 0.25) is 5.88 Å². The predicted octanol–water partition coefficient (Wildman–Crippen LogP) is 5.09. The Morgan fingerprint density at radius 1 is 1.00 bits per heavy atom. The Kier molecular flexibility index (Phi) is 8.79. The van der Waals surface area contributed by atoms with Crippen molar-refractivity contribution in [1.82, 2.24) is 15.0 Å². The number of anilines is 2. The second kappa shape index (κ2) is 11.8. The number of likely N-dealkylation sites (N-methyl/N-ethyl adjacent to an activating group) is 1. The van der Waals surface area contributed by atoms with Gasteiger partial charge >= 0.3 is 0 Å². The number of halogens is 1. The van der Waals surface area contributed by atoms with E-state index in [1.54, 1.807) is 12.1 Å². The summed E-state index contributed by atoms with van der Waals surface area (Å²) in [6.07, 6.45) is 0. The fourth-order valence-electron chi connectivity index (χ4n) is 3.52. The lowest BCUT2D eigenvalue weighted by Crippen LogP contribution is -2.39. The Bertz CT molecular complexity index is 1020. The van der Waals surface area contributed by atoms with Crippen LogP contribution in [0.3, 0.4) is 0 Å². The van der Waals surface area contributed by atoms with E-state index in [0.717, 1.165) is 48.0 Å². The lowest BCUT2D eigenvalue weighted by atomic mass is 10.1. The van der Waals surface area contributed by atoms with Crippen LogP contribution in [0.2, 0.25) is 0 Å². The maximum Gasteiger partial charge on any atom is 0.232 e. The van der Waals surface area contributed by atoms with E-state index in [9.17, 15) is 4.39 Å². The van der Waals surface area contributed by atoms with E-state index in [1.165, 1.54) is 12.1 Å². The minimum Gasteiger partial charge on any atom is -0.343 e. The van der Waals surface area contributed by atoms with Crippen LogP contribution < -0.4 is 10.2 Å². The molecule has 1 N–H and O–H groups in total. The van der Waals surface area contributed by atoms with Crippen molar-refractivity contribution in [2.24, 2.45) is 0 Å². The zero-order valence-corrected chi connectivity index (χ0v) is 20.5. The molecule has 33 heavy (non-hydrogen) atoms. The first-order chi connectivity index (χ1) is 15.9. The molecule has 6 nitrogen and oxygen atoms in total. The predicted molar refractivity (Wildman–Crippen MR) is 137 cm³/mol. The Labute approximate surface area is 201 Å². The lowest BCUT2D eigenvalue weighted by molar-refractivity contribution is 0.327. The van der Waals surface area contributed by atoms with Crippen molar-refractivity contribution < 1.29 is 8.91 Å². The van der Waals surface area contributed by atoms with Gasteiger partial charge in [-0.2, -0.15) is 0 Å². The van der Waals surface area contributed by atoms with Crippen LogP contribution in [-0.2, 0) is 6.54 Å². The Morgan fingerprint density at radius 2 is 1.67 bits per heavy atom. The molecule has 1 aromatic heterocycles. The zero-order valence-electron chi connectivity index (χ0n) is 19.7. The maximum absolute atomic E-state index is 13.3. The third-order valence-electron chi connectivity index (χ3n) is 5.41.